The van der Waals surface area contributed by atoms with Crippen molar-refractivity contribution in [3.8, 4) is 0 Å². The van der Waals surface area contributed by atoms with Gasteiger partial charge in [0.25, 0.3) is 0 Å². The topological polar surface area (TPSA) is 22.9 Å². The molecular weight excluding hydrogens is 289 g/mol. The van der Waals surface area contributed by atoms with Gasteiger partial charge >= 0.3 is 0 Å². The zero-order chi connectivity index (χ0) is 14.6. The van der Waals surface area contributed by atoms with E-state index in [-0.39, 0.29) is 0 Å². The molecule has 118 valence electrons. The molecule has 0 radical (unpaired) electrons. The van der Waals surface area contributed by atoms with Crippen LogP contribution >= 0.6 is 6.49 Å². The molecule has 2 fully saturated rings. The maximum atomic E-state index is 6.06. The second-order valence-electron chi connectivity index (χ2n) is 6.92. The minimum atomic E-state index is -2.04. The van der Waals surface area contributed by atoms with Crippen LogP contribution in [0.3, 0.4) is 0 Å². The van der Waals surface area contributed by atoms with E-state index in [0.717, 1.165) is 19.3 Å². The van der Waals surface area contributed by atoms with E-state index >= 15 is 0 Å². The maximum Gasteiger partial charge on any atom is 0.185 e. The summed E-state index contributed by atoms with van der Waals surface area (Å²) in [5.41, 5.74) is 0. The summed E-state index contributed by atoms with van der Waals surface area (Å²) in [5.74, 6) is 1.22. The third-order valence-electron chi connectivity index (χ3n) is 4.59. The third-order valence-corrected chi connectivity index (χ3v) is 6.46. The molecule has 0 spiro atoms. The maximum absolute atomic E-state index is 6.06. The first-order valence-electron chi connectivity index (χ1n) is 8.19. The molecule has 1 N–H and O–H groups in total. The van der Waals surface area contributed by atoms with Gasteiger partial charge in [0.2, 0.25) is 0 Å². The quantitative estimate of drug-likeness (QED) is 0.760. The number of nitrogens with one attached hydrogen (secondary N) is 1. The van der Waals surface area contributed by atoms with Crippen molar-refractivity contribution in [1.82, 2.24) is 0 Å². The molecule has 1 unspecified atom stereocenters. The average molecular weight is 320 g/mol. The lowest BCUT2D eigenvalue weighted by Crippen LogP contribution is -3.18. The molecule has 4 atom stereocenters. The molecule has 0 aromatic heterocycles. The number of quaternary nitrogens is 1. The zero-order valence-electron chi connectivity index (χ0n) is 13.3. The summed E-state index contributed by atoms with van der Waals surface area (Å²) < 4.78 is 11.9. The van der Waals surface area contributed by atoms with Gasteiger partial charge in [-0.25, -0.2) is 0 Å². The Labute approximate surface area is 129 Å². The normalized spacial score (nSPS) is 33.7. The second kappa shape index (κ2) is 7.69. The van der Waals surface area contributed by atoms with E-state index in [1.54, 1.807) is 0 Å². The molecule has 2 rings (SSSR count). The highest BCUT2D eigenvalue weighted by atomic mass is 32.5. The highest BCUT2D eigenvalue weighted by Gasteiger charge is 2.37. The van der Waals surface area contributed by atoms with Crippen LogP contribution in [0.2, 0.25) is 0 Å². The molecule has 2 aliphatic heterocycles. The lowest BCUT2D eigenvalue weighted by molar-refractivity contribution is -0.940. The van der Waals surface area contributed by atoms with Gasteiger partial charge < -0.3 is 13.9 Å². The minimum Gasteiger partial charge on any atom is -0.332 e. The Kier molecular flexibility index (Phi) is 6.50. The fourth-order valence-corrected chi connectivity index (χ4v) is 5.00. The number of piperidine rings is 2. The summed E-state index contributed by atoms with van der Waals surface area (Å²) in [6.45, 7) is 8.53. The van der Waals surface area contributed by atoms with E-state index in [9.17, 15) is 0 Å². The Bertz CT molecular complexity index is 349. The van der Waals surface area contributed by atoms with Crippen LogP contribution in [0.25, 0.3) is 0 Å². The Morgan fingerprint density at radius 1 is 1.15 bits per heavy atom. The minimum absolute atomic E-state index is 0.522. The van der Waals surface area contributed by atoms with Crippen molar-refractivity contribution in [2.45, 2.75) is 52.0 Å². The van der Waals surface area contributed by atoms with Gasteiger partial charge in [0, 0.05) is 12.6 Å². The predicted octanol–water partition coefficient (Wildman–Crippen LogP) is 2.46. The van der Waals surface area contributed by atoms with E-state index < -0.39 is 6.49 Å². The largest absolute Gasteiger partial charge is 0.332 e. The molecule has 2 saturated heterocycles. The van der Waals surface area contributed by atoms with Crippen molar-refractivity contribution < 1.29 is 13.9 Å². The predicted molar refractivity (Wildman–Crippen MR) is 88.0 cm³/mol. The summed E-state index contributed by atoms with van der Waals surface area (Å²) >= 11 is 5.54. The molecule has 2 heterocycles. The number of fused-ring (bicyclic) bond motifs is 1. The Hall–Kier alpha value is 0.530. The third kappa shape index (κ3) is 5.06. The summed E-state index contributed by atoms with van der Waals surface area (Å²) in [4.78, 5) is 1.82. The van der Waals surface area contributed by atoms with Gasteiger partial charge in [0.05, 0.1) is 32.3 Å². The van der Waals surface area contributed by atoms with Crippen LogP contribution in [-0.4, -0.2) is 39.0 Å². The monoisotopic (exact) mass is 320 g/mol. The Balaban J connectivity index is 1.81. The van der Waals surface area contributed by atoms with E-state index in [1.807, 2.05) is 11.6 Å². The summed E-state index contributed by atoms with van der Waals surface area (Å²) in [5, 5.41) is 0. The van der Waals surface area contributed by atoms with Crippen LogP contribution in [0, 0.1) is 11.8 Å². The first-order chi connectivity index (χ1) is 9.48. The van der Waals surface area contributed by atoms with Gasteiger partial charge in [0.1, 0.15) is 0 Å². The zero-order valence-corrected chi connectivity index (χ0v) is 15.0. The van der Waals surface area contributed by atoms with E-state index in [4.69, 9.17) is 20.9 Å². The summed E-state index contributed by atoms with van der Waals surface area (Å²) in [6.07, 6.45) is 6.84. The molecular formula is C15H31NO2PS+. The molecule has 0 amide bonds. The smallest absolute Gasteiger partial charge is 0.185 e. The van der Waals surface area contributed by atoms with Crippen LogP contribution < -0.4 is 4.90 Å². The molecule has 0 bridgehead atoms. The second-order valence-corrected chi connectivity index (χ2v) is 11.0. The first-order valence-corrected chi connectivity index (χ1v) is 11.3. The molecule has 20 heavy (non-hydrogen) atoms. The Morgan fingerprint density at radius 2 is 1.90 bits per heavy atom. The highest BCUT2D eigenvalue weighted by molar-refractivity contribution is 8.09. The van der Waals surface area contributed by atoms with Crippen LogP contribution in [0.15, 0.2) is 0 Å². The van der Waals surface area contributed by atoms with E-state index in [2.05, 4.69) is 13.8 Å². The van der Waals surface area contributed by atoms with E-state index in [1.165, 1.54) is 45.2 Å². The molecule has 0 aromatic carbocycles. The van der Waals surface area contributed by atoms with Crippen molar-refractivity contribution in [3.63, 3.8) is 0 Å². The van der Waals surface area contributed by atoms with E-state index in [0.29, 0.717) is 11.8 Å². The van der Waals surface area contributed by atoms with Gasteiger partial charge in [-0.2, -0.15) is 0 Å². The van der Waals surface area contributed by atoms with Crippen molar-refractivity contribution in [1.29, 1.82) is 0 Å². The lowest BCUT2D eigenvalue weighted by atomic mass is 9.84. The summed E-state index contributed by atoms with van der Waals surface area (Å²) in [7, 11) is 0. The molecule has 0 aliphatic carbocycles. The van der Waals surface area contributed by atoms with Crippen LogP contribution in [0.4, 0.5) is 0 Å². The van der Waals surface area contributed by atoms with Gasteiger partial charge in [0.15, 0.2) is 6.49 Å². The molecule has 0 saturated carbocycles. The molecule has 3 nitrogen and oxygen atoms in total. The van der Waals surface area contributed by atoms with Crippen LogP contribution in [-0.2, 0) is 20.9 Å². The highest BCUT2D eigenvalue weighted by Crippen LogP contribution is 2.45. The van der Waals surface area contributed by atoms with Crippen molar-refractivity contribution >= 4 is 18.3 Å². The van der Waals surface area contributed by atoms with Gasteiger partial charge in [-0.1, -0.05) is 13.8 Å². The average Bonchev–Trinajstić information content (AvgIpc) is 2.43. The fraction of sp³-hybridized carbons (Fsp3) is 1.00. The van der Waals surface area contributed by atoms with Crippen molar-refractivity contribution in [2.75, 3.05) is 33.0 Å². The number of hydrogen-bond acceptors (Lipinski definition) is 3. The van der Waals surface area contributed by atoms with Crippen LogP contribution in [0.5, 0.6) is 0 Å². The Morgan fingerprint density at radius 3 is 2.65 bits per heavy atom. The molecule has 2 aliphatic rings. The number of rotatable bonds is 6. The SMILES string of the molecule is CC(C)CO[P@](C)(=S)OC[C@H]1CCC[NH+]2CCCC[C@H]12. The first kappa shape index (κ1) is 16.9. The fourth-order valence-electron chi connectivity index (χ4n) is 3.53. The van der Waals surface area contributed by atoms with Gasteiger partial charge in [-0.05, 0) is 49.8 Å². The van der Waals surface area contributed by atoms with Crippen molar-refractivity contribution in [2.24, 2.45) is 11.8 Å². The molecule has 0 aromatic rings. The van der Waals surface area contributed by atoms with Crippen molar-refractivity contribution in [3.05, 3.63) is 0 Å². The standard InChI is InChI=1S/C15H30NO2PS/c1-13(2)11-17-19(3,20)18-12-14-7-6-10-16-9-5-4-8-15(14)16/h13-15H,4-12H2,1-3H3/p+1/t14-,15-,19+/m1/s1. The molecule has 5 heteroatoms. The van der Waals surface area contributed by atoms with Gasteiger partial charge in [-0.3, -0.25) is 0 Å². The van der Waals surface area contributed by atoms with Gasteiger partial charge in [-0.15, -0.1) is 0 Å². The van der Waals surface area contributed by atoms with Crippen LogP contribution in [0.1, 0.15) is 46.0 Å². The summed E-state index contributed by atoms with van der Waals surface area (Å²) in [6, 6.07) is 0.817. The lowest BCUT2D eigenvalue weighted by Gasteiger charge is -2.41. The number of hydrogen-bond donors (Lipinski definition) is 1.